The van der Waals surface area contributed by atoms with E-state index in [1.807, 2.05) is 0 Å². The van der Waals surface area contributed by atoms with Crippen molar-refractivity contribution in [3.8, 4) is 0 Å². The summed E-state index contributed by atoms with van der Waals surface area (Å²) < 4.78 is 5.23. The molecule has 0 radical (unpaired) electrons. The van der Waals surface area contributed by atoms with Gasteiger partial charge in [-0.25, -0.2) is 0 Å². The minimum Gasteiger partial charge on any atom is -0.339 e. The molecule has 0 amide bonds. The second kappa shape index (κ2) is 3.15. The summed E-state index contributed by atoms with van der Waals surface area (Å²) in [4.78, 5) is 16.0. The van der Waals surface area contributed by atoms with E-state index in [4.69, 9.17) is 4.52 Å². The summed E-state index contributed by atoms with van der Waals surface area (Å²) in [5, 5.41) is 4.01. The lowest BCUT2D eigenvalue weighted by molar-refractivity contribution is -0.119. The van der Waals surface area contributed by atoms with Gasteiger partial charge in [-0.1, -0.05) is 19.0 Å². The lowest BCUT2D eigenvalue weighted by Crippen LogP contribution is -2.04. The molecular formula is C12H16N2O2. The van der Waals surface area contributed by atoms with Crippen LogP contribution in [0, 0.1) is 5.41 Å². The molecule has 0 bridgehead atoms. The predicted molar refractivity (Wildman–Crippen MR) is 57.0 cm³/mol. The number of nitrogens with zero attached hydrogens (tertiary/aromatic N) is 2. The molecule has 0 N–H and O–H groups in total. The smallest absolute Gasteiger partial charge is 0.237 e. The monoisotopic (exact) mass is 220 g/mol. The van der Waals surface area contributed by atoms with Gasteiger partial charge in [-0.2, -0.15) is 4.98 Å². The second-order valence-corrected chi connectivity index (χ2v) is 5.65. The van der Waals surface area contributed by atoms with E-state index in [1.165, 1.54) is 0 Å². The molecule has 1 aromatic heterocycles. The molecule has 3 rings (SSSR count). The number of Topliss-reactive ketones (excluding diaryl/α,β-unsaturated/α-hetero) is 1. The SMILES string of the molecule is CC1(C)CC1c1noc(C2CCCC2=O)n1. The minimum absolute atomic E-state index is 0.122. The highest BCUT2D eigenvalue weighted by molar-refractivity contribution is 5.86. The summed E-state index contributed by atoms with van der Waals surface area (Å²) in [7, 11) is 0. The van der Waals surface area contributed by atoms with Crippen molar-refractivity contribution in [2.45, 2.75) is 51.4 Å². The van der Waals surface area contributed by atoms with Crippen LogP contribution in [0.15, 0.2) is 4.52 Å². The molecule has 1 heterocycles. The molecule has 2 fully saturated rings. The Kier molecular flexibility index (Phi) is 1.97. The van der Waals surface area contributed by atoms with Gasteiger partial charge in [-0.3, -0.25) is 4.79 Å². The Morgan fingerprint density at radius 3 is 2.75 bits per heavy atom. The average molecular weight is 220 g/mol. The largest absolute Gasteiger partial charge is 0.339 e. The van der Waals surface area contributed by atoms with Crippen LogP contribution >= 0.6 is 0 Å². The van der Waals surface area contributed by atoms with E-state index < -0.39 is 0 Å². The van der Waals surface area contributed by atoms with Crippen molar-refractivity contribution in [3.05, 3.63) is 11.7 Å². The van der Waals surface area contributed by atoms with Gasteiger partial charge in [0.15, 0.2) is 5.82 Å². The van der Waals surface area contributed by atoms with Gasteiger partial charge in [0.1, 0.15) is 5.78 Å². The van der Waals surface area contributed by atoms with Gasteiger partial charge in [0.05, 0.1) is 5.92 Å². The topological polar surface area (TPSA) is 56.0 Å². The van der Waals surface area contributed by atoms with E-state index in [9.17, 15) is 4.79 Å². The Balaban J connectivity index is 1.81. The fraction of sp³-hybridized carbons (Fsp3) is 0.750. The van der Waals surface area contributed by atoms with Crippen LogP contribution in [0.5, 0.6) is 0 Å². The Hall–Kier alpha value is -1.19. The Morgan fingerprint density at radius 2 is 2.19 bits per heavy atom. The molecular weight excluding hydrogens is 204 g/mol. The second-order valence-electron chi connectivity index (χ2n) is 5.65. The zero-order valence-electron chi connectivity index (χ0n) is 9.69. The van der Waals surface area contributed by atoms with Crippen LogP contribution in [0.25, 0.3) is 0 Å². The van der Waals surface area contributed by atoms with Gasteiger partial charge in [-0.15, -0.1) is 0 Å². The number of ketones is 1. The van der Waals surface area contributed by atoms with Crippen molar-refractivity contribution in [2.75, 3.05) is 0 Å². The number of aromatic nitrogens is 2. The molecule has 4 heteroatoms. The first kappa shape index (κ1) is 10.00. The van der Waals surface area contributed by atoms with Gasteiger partial charge in [0, 0.05) is 12.3 Å². The molecule has 2 aliphatic rings. The molecule has 16 heavy (non-hydrogen) atoms. The first-order valence-electron chi connectivity index (χ1n) is 5.94. The maximum atomic E-state index is 11.6. The average Bonchev–Trinajstić information content (AvgIpc) is 2.67. The Labute approximate surface area is 94.4 Å². The molecule has 1 aromatic rings. The number of rotatable bonds is 2. The van der Waals surface area contributed by atoms with Crippen LogP contribution in [0.2, 0.25) is 0 Å². The van der Waals surface area contributed by atoms with Crippen molar-refractivity contribution in [3.63, 3.8) is 0 Å². The third kappa shape index (κ3) is 1.47. The lowest BCUT2D eigenvalue weighted by Gasteiger charge is -1.99. The highest BCUT2D eigenvalue weighted by atomic mass is 16.5. The maximum Gasteiger partial charge on any atom is 0.237 e. The van der Waals surface area contributed by atoms with Crippen molar-refractivity contribution in [1.29, 1.82) is 0 Å². The van der Waals surface area contributed by atoms with E-state index in [1.54, 1.807) is 0 Å². The van der Waals surface area contributed by atoms with Crippen LogP contribution in [0.4, 0.5) is 0 Å². The molecule has 2 aliphatic carbocycles. The van der Waals surface area contributed by atoms with Crippen molar-refractivity contribution in [1.82, 2.24) is 10.1 Å². The molecule has 2 saturated carbocycles. The molecule has 2 unspecified atom stereocenters. The number of carbonyl (C=O) groups is 1. The van der Waals surface area contributed by atoms with Crippen LogP contribution < -0.4 is 0 Å². The van der Waals surface area contributed by atoms with E-state index in [0.717, 1.165) is 25.1 Å². The van der Waals surface area contributed by atoms with Crippen molar-refractivity contribution < 1.29 is 9.32 Å². The first-order chi connectivity index (χ1) is 7.58. The van der Waals surface area contributed by atoms with Crippen LogP contribution in [0.3, 0.4) is 0 Å². The van der Waals surface area contributed by atoms with Gasteiger partial charge in [-0.05, 0) is 24.7 Å². The molecule has 4 nitrogen and oxygen atoms in total. The first-order valence-corrected chi connectivity index (χ1v) is 5.94. The van der Waals surface area contributed by atoms with E-state index in [2.05, 4.69) is 24.0 Å². The van der Waals surface area contributed by atoms with E-state index >= 15 is 0 Å². The summed E-state index contributed by atoms with van der Waals surface area (Å²) in [6.45, 7) is 4.41. The zero-order chi connectivity index (χ0) is 11.3. The van der Waals surface area contributed by atoms with E-state index in [0.29, 0.717) is 23.6 Å². The quantitative estimate of drug-likeness (QED) is 0.768. The fourth-order valence-electron chi connectivity index (χ4n) is 2.52. The molecule has 2 atom stereocenters. The number of hydrogen-bond donors (Lipinski definition) is 0. The van der Waals surface area contributed by atoms with Crippen molar-refractivity contribution in [2.24, 2.45) is 5.41 Å². The molecule has 86 valence electrons. The summed E-state index contributed by atoms with van der Waals surface area (Å²) in [5.41, 5.74) is 0.306. The Morgan fingerprint density at radius 1 is 1.44 bits per heavy atom. The zero-order valence-corrected chi connectivity index (χ0v) is 9.69. The third-order valence-corrected chi connectivity index (χ3v) is 3.89. The van der Waals surface area contributed by atoms with Gasteiger partial charge in [0.2, 0.25) is 5.89 Å². The minimum atomic E-state index is -0.122. The molecule has 0 aliphatic heterocycles. The number of carbonyl (C=O) groups excluding carboxylic acids is 1. The Bertz CT molecular complexity index is 436. The van der Waals surface area contributed by atoms with Crippen molar-refractivity contribution >= 4 is 5.78 Å². The van der Waals surface area contributed by atoms with Gasteiger partial charge >= 0.3 is 0 Å². The standard InChI is InChI=1S/C12H16N2O2/c1-12(2)6-8(12)10-13-11(16-14-10)7-4-3-5-9(7)15/h7-8H,3-6H2,1-2H3. The summed E-state index contributed by atoms with van der Waals surface area (Å²) >= 11 is 0. The highest BCUT2D eigenvalue weighted by Gasteiger charge is 2.49. The summed E-state index contributed by atoms with van der Waals surface area (Å²) in [5.74, 6) is 1.88. The van der Waals surface area contributed by atoms with Crippen LogP contribution in [0.1, 0.15) is 63.1 Å². The normalized spacial score (nSPS) is 32.0. The fourth-order valence-corrected chi connectivity index (χ4v) is 2.52. The lowest BCUT2D eigenvalue weighted by atomic mass is 10.1. The van der Waals surface area contributed by atoms with Gasteiger partial charge < -0.3 is 4.52 Å². The van der Waals surface area contributed by atoms with Crippen LogP contribution in [-0.4, -0.2) is 15.9 Å². The van der Waals surface area contributed by atoms with Crippen LogP contribution in [-0.2, 0) is 4.79 Å². The summed E-state index contributed by atoms with van der Waals surface area (Å²) in [6.07, 6.45) is 3.60. The third-order valence-electron chi connectivity index (χ3n) is 3.89. The van der Waals surface area contributed by atoms with E-state index in [-0.39, 0.29) is 11.7 Å². The molecule has 0 saturated heterocycles. The molecule has 0 spiro atoms. The summed E-state index contributed by atoms with van der Waals surface area (Å²) in [6, 6.07) is 0. The van der Waals surface area contributed by atoms with Gasteiger partial charge in [0.25, 0.3) is 0 Å². The highest BCUT2D eigenvalue weighted by Crippen LogP contribution is 2.57. The molecule has 0 aromatic carbocycles. The number of hydrogen-bond acceptors (Lipinski definition) is 4. The maximum absolute atomic E-state index is 11.6. The predicted octanol–water partition coefficient (Wildman–Crippen LogP) is 2.42.